The van der Waals surface area contributed by atoms with Gasteiger partial charge in [0.15, 0.2) is 0 Å². The summed E-state index contributed by atoms with van der Waals surface area (Å²) in [6.07, 6.45) is 5.63. The topological polar surface area (TPSA) is 79.5 Å². The van der Waals surface area contributed by atoms with Gasteiger partial charge in [-0.15, -0.1) is 17.4 Å². The van der Waals surface area contributed by atoms with E-state index >= 15 is 0 Å². The first kappa shape index (κ1) is 12.2. The van der Waals surface area contributed by atoms with Crippen LogP contribution in [0.4, 0.5) is 6.01 Å². The van der Waals surface area contributed by atoms with Gasteiger partial charge in [0.2, 0.25) is 11.8 Å². The number of terminal acetylenes is 1. The highest BCUT2D eigenvalue weighted by Gasteiger charge is 2.32. The number of nitrogens with zero attached hydrogens (tertiary/aromatic N) is 3. The van der Waals surface area contributed by atoms with E-state index in [1.165, 1.54) is 17.0 Å². The van der Waals surface area contributed by atoms with E-state index in [1.807, 2.05) is 0 Å². The van der Waals surface area contributed by atoms with Gasteiger partial charge in [-0.1, -0.05) is 5.10 Å². The van der Waals surface area contributed by atoms with Crippen LogP contribution in [-0.4, -0.2) is 27.8 Å². The van der Waals surface area contributed by atoms with E-state index < -0.39 is 0 Å². The molecule has 0 spiro atoms. The third-order valence-electron chi connectivity index (χ3n) is 3.12. The standard InChI is InChI=1S/C14H11N3O3/c1-2-9-7-12(19)17(8-9)14-16-15-13(20-14)10-3-5-11(18)6-4-10/h1,3-6,9,18H,7-8H2. The van der Waals surface area contributed by atoms with Gasteiger partial charge in [-0.05, 0) is 24.3 Å². The van der Waals surface area contributed by atoms with Gasteiger partial charge in [0.1, 0.15) is 5.75 Å². The summed E-state index contributed by atoms with van der Waals surface area (Å²) in [7, 11) is 0. The van der Waals surface area contributed by atoms with E-state index in [0.717, 1.165) is 0 Å². The fraction of sp³-hybridized carbons (Fsp3) is 0.214. The minimum absolute atomic E-state index is 0.117. The van der Waals surface area contributed by atoms with Gasteiger partial charge < -0.3 is 9.52 Å². The lowest BCUT2D eigenvalue weighted by molar-refractivity contribution is -0.117. The highest BCUT2D eigenvalue weighted by molar-refractivity contribution is 5.94. The minimum Gasteiger partial charge on any atom is -0.508 e. The number of aromatic nitrogens is 2. The van der Waals surface area contributed by atoms with Crippen molar-refractivity contribution in [3.05, 3.63) is 24.3 Å². The highest BCUT2D eigenvalue weighted by Crippen LogP contribution is 2.27. The molecule has 1 fully saturated rings. The lowest BCUT2D eigenvalue weighted by atomic mass is 10.1. The summed E-state index contributed by atoms with van der Waals surface area (Å²) < 4.78 is 5.49. The van der Waals surface area contributed by atoms with Gasteiger partial charge in [-0.3, -0.25) is 9.69 Å². The van der Waals surface area contributed by atoms with E-state index in [1.54, 1.807) is 12.1 Å². The van der Waals surface area contributed by atoms with E-state index in [9.17, 15) is 9.90 Å². The molecule has 1 aromatic carbocycles. The number of hydrogen-bond donors (Lipinski definition) is 1. The molecule has 1 unspecified atom stereocenters. The monoisotopic (exact) mass is 269 g/mol. The molecule has 2 heterocycles. The first-order valence-electron chi connectivity index (χ1n) is 6.07. The van der Waals surface area contributed by atoms with Gasteiger partial charge in [-0.2, -0.15) is 0 Å². The molecule has 2 aromatic rings. The summed E-state index contributed by atoms with van der Waals surface area (Å²) in [6, 6.07) is 6.50. The van der Waals surface area contributed by atoms with Crippen molar-refractivity contribution in [3.8, 4) is 29.5 Å². The minimum atomic E-state index is -0.119. The number of phenols is 1. The van der Waals surface area contributed by atoms with Crippen LogP contribution in [0.2, 0.25) is 0 Å². The van der Waals surface area contributed by atoms with Crippen LogP contribution >= 0.6 is 0 Å². The van der Waals surface area contributed by atoms with Crippen LogP contribution in [0.1, 0.15) is 6.42 Å². The van der Waals surface area contributed by atoms with E-state index in [4.69, 9.17) is 10.8 Å². The van der Waals surface area contributed by atoms with Crippen molar-refractivity contribution in [2.45, 2.75) is 6.42 Å². The first-order chi connectivity index (χ1) is 9.67. The predicted molar refractivity (Wildman–Crippen MR) is 70.7 cm³/mol. The van der Waals surface area contributed by atoms with Crippen LogP contribution < -0.4 is 4.90 Å². The summed E-state index contributed by atoms with van der Waals surface area (Å²) in [5.41, 5.74) is 0.668. The Labute approximate surface area is 115 Å². The van der Waals surface area contributed by atoms with Crippen molar-refractivity contribution in [2.75, 3.05) is 11.4 Å². The average Bonchev–Trinajstić information content (AvgIpc) is 3.06. The van der Waals surface area contributed by atoms with Crippen molar-refractivity contribution < 1.29 is 14.3 Å². The molecule has 1 aromatic heterocycles. The molecule has 1 N–H and O–H groups in total. The second kappa shape index (κ2) is 4.70. The normalized spacial score (nSPS) is 18.2. The molecule has 0 bridgehead atoms. The van der Waals surface area contributed by atoms with Gasteiger partial charge in [0.25, 0.3) is 0 Å². The van der Waals surface area contributed by atoms with Crippen molar-refractivity contribution in [1.82, 2.24) is 10.2 Å². The molecule has 6 nitrogen and oxygen atoms in total. The molecule has 20 heavy (non-hydrogen) atoms. The molecule has 0 aliphatic carbocycles. The Morgan fingerprint density at radius 2 is 2.10 bits per heavy atom. The molecule has 6 heteroatoms. The van der Waals surface area contributed by atoms with Gasteiger partial charge in [-0.25, -0.2) is 0 Å². The fourth-order valence-corrected chi connectivity index (χ4v) is 2.05. The number of benzene rings is 1. The summed E-state index contributed by atoms with van der Waals surface area (Å²) in [6.45, 7) is 0.395. The van der Waals surface area contributed by atoms with Crippen molar-refractivity contribution in [1.29, 1.82) is 0 Å². The molecule has 0 radical (unpaired) electrons. The van der Waals surface area contributed by atoms with Gasteiger partial charge >= 0.3 is 6.01 Å². The Morgan fingerprint density at radius 1 is 1.35 bits per heavy atom. The SMILES string of the molecule is C#CC1CC(=O)N(c2nnc(-c3ccc(O)cc3)o2)C1. The molecule has 1 aliphatic heterocycles. The highest BCUT2D eigenvalue weighted by atomic mass is 16.4. The van der Waals surface area contributed by atoms with Crippen LogP contribution in [0.25, 0.3) is 11.5 Å². The van der Waals surface area contributed by atoms with E-state index in [0.29, 0.717) is 18.5 Å². The molecular weight excluding hydrogens is 258 g/mol. The van der Waals surface area contributed by atoms with Crippen LogP contribution in [0.3, 0.4) is 0 Å². The second-order valence-corrected chi connectivity index (χ2v) is 4.51. The third-order valence-corrected chi connectivity index (χ3v) is 3.12. The Kier molecular flexibility index (Phi) is 2.88. The zero-order valence-electron chi connectivity index (χ0n) is 10.5. The number of rotatable bonds is 2. The van der Waals surface area contributed by atoms with Crippen LogP contribution in [0.15, 0.2) is 28.7 Å². The van der Waals surface area contributed by atoms with Gasteiger partial charge in [0.05, 0.1) is 0 Å². The molecule has 100 valence electrons. The largest absolute Gasteiger partial charge is 0.508 e. The number of anilines is 1. The van der Waals surface area contributed by atoms with Crippen LogP contribution in [0.5, 0.6) is 5.75 Å². The Balaban J connectivity index is 1.86. The lowest BCUT2D eigenvalue weighted by Crippen LogP contribution is -2.24. The van der Waals surface area contributed by atoms with E-state index in [-0.39, 0.29) is 29.5 Å². The van der Waals surface area contributed by atoms with Crippen molar-refractivity contribution >= 4 is 11.9 Å². The Morgan fingerprint density at radius 3 is 2.75 bits per heavy atom. The zero-order valence-corrected chi connectivity index (χ0v) is 10.5. The molecule has 1 aliphatic rings. The Hall–Kier alpha value is -2.81. The first-order valence-corrected chi connectivity index (χ1v) is 6.07. The molecule has 1 atom stereocenters. The van der Waals surface area contributed by atoms with Gasteiger partial charge in [0, 0.05) is 24.4 Å². The third kappa shape index (κ3) is 2.10. The van der Waals surface area contributed by atoms with E-state index in [2.05, 4.69) is 16.1 Å². The number of hydrogen-bond acceptors (Lipinski definition) is 5. The zero-order chi connectivity index (χ0) is 14.1. The maximum absolute atomic E-state index is 11.8. The smallest absolute Gasteiger partial charge is 0.325 e. The lowest BCUT2D eigenvalue weighted by Gasteiger charge is -2.08. The maximum Gasteiger partial charge on any atom is 0.325 e. The van der Waals surface area contributed by atoms with Crippen LogP contribution in [-0.2, 0) is 4.79 Å². The molecule has 3 rings (SSSR count). The quantitative estimate of drug-likeness (QED) is 0.834. The molecular formula is C14H11N3O3. The predicted octanol–water partition coefficient (Wildman–Crippen LogP) is 1.43. The maximum atomic E-state index is 11.8. The summed E-state index contributed by atoms with van der Waals surface area (Å²) in [5.74, 6) is 2.76. The number of amides is 1. The number of carbonyl (C=O) groups excluding carboxylic acids is 1. The summed E-state index contributed by atoms with van der Waals surface area (Å²) >= 11 is 0. The molecule has 0 saturated carbocycles. The molecule has 1 saturated heterocycles. The fourth-order valence-electron chi connectivity index (χ4n) is 2.05. The average molecular weight is 269 g/mol. The summed E-state index contributed by atoms with van der Waals surface area (Å²) in [4.78, 5) is 13.2. The summed E-state index contributed by atoms with van der Waals surface area (Å²) in [5, 5.41) is 17.0. The van der Waals surface area contributed by atoms with Crippen LogP contribution in [0, 0.1) is 18.3 Å². The number of aromatic hydroxyl groups is 1. The van der Waals surface area contributed by atoms with Crippen molar-refractivity contribution in [2.24, 2.45) is 5.92 Å². The second-order valence-electron chi connectivity index (χ2n) is 4.51. The number of carbonyl (C=O) groups is 1. The Bertz CT molecular complexity index is 684. The molecule has 1 amide bonds. The van der Waals surface area contributed by atoms with Crippen molar-refractivity contribution in [3.63, 3.8) is 0 Å². The number of phenolic OH excluding ortho intramolecular Hbond substituents is 1.